The lowest BCUT2D eigenvalue weighted by molar-refractivity contribution is 0.596. The normalized spacial score (nSPS) is 12.5. The molecule has 186 valence electrons. The Kier molecular flexibility index (Phi) is 5.38. The molecule has 0 fully saturated rings. The van der Waals surface area contributed by atoms with Crippen molar-refractivity contribution in [2.75, 3.05) is 0 Å². The number of furan rings is 1. The van der Waals surface area contributed by atoms with Crippen LogP contribution in [0.4, 0.5) is 0 Å². The second-order valence-electron chi connectivity index (χ2n) is 12.0. The van der Waals surface area contributed by atoms with Gasteiger partial charge in [-0.25, -0.2) is 9.97 Å². The maximum absolute atomic E-state index is 6.66. The molecule has 0 atom stereocenters. The predicted octanol–water partition coefficient (Wildman–Crippen LogP) is 9.46. The van der Waals surface area contributed by atoms with Gasteiger partial charge in [-0.05, 0) is 77.1 Å². The third-order valence-corrected chi connectivity index (χ3v) is 7.31. The standard InChI is InChI=1S/C34H34N2O/c1-19(2)14-22-9-12-26-23(16-22)11-13-27-31-33(37-32(26)27)30(35-21(4)36-31)25-17-24-10-8-20(3)15-28(24)29(18-25)34(5,6)7/h8-13,15-19H,14H2,1-7H3. The average Bonchev–Trinajstić information content (AvgIpc) is 3.20. The number of hydrogen-bond donors (Lipinski definition) is 0. The molecule has 0 spiro atoms. The van der Waals surface area contributed by atoms with Gasteiger partial charge in [0.05, 0.1) is 0 Å². The molecule has 0 radical (unpaired) electrons. The summed E-state index contributed by atoms with van der Waals surface area (Å²) in [5, 5.41) is 5.88. The van der Waals surface area contributed by atoms with Crippen LogP contribution in [0, 0.1) is 19.8 Å². The Labute approximate surface area is 218 Å². The van der Waals surface area contributed by atoms with Gasteiger partial charge in [-0.15, -0.1) is 0 Å². The second-order valence-corrected chi connectivity index (χ2v) is 12.0. The predicted molar refractivity (Wildman–Crippen MR) is 156 cm³/mol. The fourth-order valence-electron chi connectivity index (χ4n) is 5.61. The Hall–Kier alpha value is -3.72. The van der Waals surface area contributed by atoms with Crippen molar-refractivity contribution in [3.63, 3.8) is 0 Å². The smallest absolute Gasteiger partial charge is 0.180 e. The molecule has 0 aliphatic rings. The lowest BCUT2D eigenvalue weighted by Gasteiger charge is -2.23. The fourth-order valence-corrected chi connectivity index (χ4v) is 5.61. The molecule has 6 aromatic rings. The summed E-state index contributed by atoms with van der Waals surface area (Å²) in [6.07, 6.45) is 1.07. The van der Waals surface area contributed by atoms with Crippen LogP contribution in [0.15, 0.2) is 65.1 Å². The van der Waals surface area contributed by atoms with Crippen molar-refractivity contribution < 1.29 is 4.42 Å². The monoisotopic (exact) mass is 486 g/mol. The summed E-state index contributed by atoms with van der Waals surface area (Å²) in [6, 6.07) is 22.3. The quantitative estimate of drug-likeness (QED) is 0.250. The Morgan fingerprint density at radius 3 is 2.24 bits per heavy atom. The fraction of sp³-hybridized carbons (Fsp3) is 0.294. The van der Waals surface area contributed by atoms with E-state index in [1.807, 2.05) is 6.92 Å². The van der Waals surface area contributed by atoms with Gasteiger partial charge < -0.3 is 4.42 Å². The van der Waals surface area contributed by atoms with Gasteiger partial charge in [0.1, 0.15) is 22.6 Å². The lowest BCUT2D eigenvalue weighted by Crippen LogP contribution is -2.12. The third kappa shape index (κ3) is 4.07. The largest absolute Gasteiger partial charge is 0.451 e. The number of benzene rings is 4. The van der Waals surface area contributed by atoms with Crippen molar-refractivity contribution in [3.05, 3.63) is 83.2 Å². The molecule has 3 heteroatoms. The van der Waals surface area contributed by atoms with E-state index in [2.05, 4.69) is 102 Å². The number of aromatic nitrogens is 2. The van der Waals surface area contributed by atoms with Crippen LogP contribution < -0.4 is 0 Å². The minimum absolute atomic E-state index is 0.0129. The second kappa shape index (κ2) is 8.41. The van der Waals surface area contributed by atoms with Crippen LogP contribution in [0.1, 0.15) is 57.1 Å². The highest BCUT2D eigenvalue weighted by Crippen LogP contribution is 2.40. The number of fused-ring (bicyclic) bond motifs is 6. The van der Waals surface area contributed by atoms with E-state index in [9.17, 15) is 0 Å². The Bertz CT molecular complexity index is 1830. The molecule has 0 saturated heterocycles. The molecular formula is C34H34N2O. The summed E-state index contributed by atoms with van der Waals surface area (Å²) in [5.41, 5.74) is 8.38. The van der Waals surface area contributed by atoms with Crippen molar-refractivity contribution in [1.29, 1.82) is 0 Å². The average molecular weight is 487 g/mol. The van der Waals surface area contributed by atoms with Crippen LogP contribution in [0.25, 0.3) is 54.9 Å². The molecule has 0 bridgehead atoms. The van der Waals surface area contributed by atoms with E-state index in [0.29, 0.717) is 5.92 Å². The van der Waals surface area contributed by atoms with Gasteiger partial charge in [-0.3, -0.25) is 0 Å². The summed E-state index contributed by atoms with van der Waals surface area (Å²) < 4.78 is 6.66. The molecule has 0 N–H and O–H groups in total. The number of aryl methyl sites for hydroxylation is 2. The molecule has 4 aromatic carbocycles. The Morgan fingerprint density at radius 2 is 1.49 bits per heavy atom. The molecule has 2 aromatic heterocycles. The van der Waals surface area contributed by atoms with Crippen LogP contribution in [0.5, 0.6) is 0 Å². The van der Waals surface area contributed by atoms with Crippen LogP contribution >= 0.6 is 0 Å². The number of nitrogens with zero attached hydrogens (tertiary/aromatic N) is 2. The highest BCUT2D eigenvalue weighted by atomic mass is 16.3. The zero-order valence-corrected chi connectivity index (χ0v) is 22.9. The molecule has 0 aliphatic carbocycles. The molecule has 0 aliphatic heterocycles. The van der Waals surface area contributed by atoms with Gasteiger partial charge in [0.2, 0.25) is 0 Å². The molecule has 0 unspecified atom stereocenters. The molecular weight excluding hydrogens is 452 g/mol. The topological polar surface area (TPSA) is 38.9 Å². The molecule has 6 rings (SSSR count). The summed E-state index contributed by atoms with van der Waals surface area (Å²) in [5.74, 6) is 1.37. The van der Waals surface area contributed by atoms with E-state index < -0.39 is 0 Å². The number of rotatable bonds is 3. The van der Waals surface area contributed by atoms with Crippen LogP contribution in [0.3, 0.4) is 0 Å². The SMILES string of the molecule is Cc1ccc2cc(-c3nc(C)nc4c3oc3c5ccc(CC(C)C)cc5ccc43)cc(C(C)(C)C)c2c1. The minimum Gasteiger partial charge on any atom is -0.451 e. The highest BCUT2D eigenvalue weighted by Gasteiger charge is 2.22. The van der Waals surface area contributed by atoms with Crippen molar-refractivity contribution in [2.45, 2.75) is 60.3 Å². The molecule has 3 nitrogen and oxygen atoms in total. The van der Waals surface area contributed by atoms with E-state index in [1.165, 1.54) is 32.8 Å². The van der Waals surface area contributed by atoms with Crippen molar-refractivity contribution in [3.8, 4) is 11.3 Å². The van der Waals surface area contributed by atoms with Crippen molar-refractivity contribution in [1.82, 2.24) is 9.97 Å². The van der Waals surface area contributed by atoms with Crippen LogP contribution in [-0.2, 0) is 11.8 Å². The van der Waals surface area contributed by atoms with E-state index in [4.69, 9.17) is 14.4 Å². The maximum Gasteiger partial charge on any atom is 0.180 e. The van der Waals surface area contributed by atoms with Gasteiger partial charge >= 0.3 is 0 Å². The van der Waals surface area contributed by atoms with Gasteiger partial charge in [-0.1, -0.05) is 82.6 Å². The van der Waals surface area contributed by atoms with Crippen LogP contribution in [0.2, 0.25) is 0 Å². The first-order valence-corrected chi connectivity index (χ1v) is 13.3. The highest BCUT2D eigenvalue weighted by molar-refractivity contribution is 6.15. The van der Waals surface area contributed by atoms with Crippen molar-refractivity contribution >= 4 is 43.6 Å². The zero-order valence-electron chi connectivity index (χ0n) is 22.9. The lowest BCUT2D eigenvalue weighted by atomic mass is 9.82. The van der Waals surface area contributed by atoms with E-state index in [0.717, 1.165) is 51.0 Å². The number of hydrogen-bond acceptors (Lipinski definition) is 3. The maximum atomic E-state index is 6.66. The first-order chi connectivity index (χ1) is 17.6. The van der Waals surface area contributed by atoms with E-state index >= 15 is 0 Å². The summed E-state index contributed by atoms with van der Waals surface area (Å²) >= 11 is 0. The van der Waals surface area contributed by atoms with E-state index in [-0.39, 0.29) is 5.41 Å². The van der Waals surface area contributed by atoms with Gasteiger partial charge in [0.15, 0.2) is 5.58 Å². The summed E-state index contributed by atoms with van der Waals surface area (Å²) in [6.45, 7) is 15.5. The van der Waals surface area contributed by atoms with Gasteiger partial charge in [0.25, 0.3) is 0 Å². The Balaban J connectivity index is 1.64. The first-order valence-electron chi connectivity index (χ1n) is 13.3. The van der Waals surface area contributed by atoms with Gasteiger partial charge in [0, 0.05) is 16.3 Å². The van der Waals surface area contributed by atoms with Gasteiger partial charge in [-0.2, -0.15) is 0 Å². The molecule has 37 heavy (non-hydrogen) atoms. The minimum atomic E-state index is -0.0129. The molecule has 0 saturated carbocycles. The zero-order chi connectivity index (χ0) is 26.1. The summed E-state index contributed by atoms with van der Waals surface area (Å²) in [4.78, 5) is 9.79. The van der Waals surface area contributed by atoms with Crippen LogP contribution in [-0.4, -0.2) is 9.97 Å². The first kappa shape index (κ1) is 23.7. The Morgan fingerprint density at radius 1 is 0.757 bits per heavy atom. The van der Waals surface area contributed by atoms with Crippen molar-refractivity contribution in [2.24, 2.45) is 5.92 Å². The van der Waals surface area contributed by atoms with E-state index in [1.54, 1.807) is 0 Å². The molecule has 2 heterocycles. The summed E-state index contributed by atoms with van der Waals surface area (Å²) in [7, 11) is 0. The molecule has 0 amide bonds. The third-order valence-electron chi connectivity index (χ3n) is 7.31.